The van der Waals surface area contributed by atoms with Crippen LogP contribution in [-0.4, -0.2) is 72.3 Å². The van der Waals surface area contributed by atoms with Gasteiger partial charge in [-0.25, -0.2) is 8.93 Å². The number of alkyl halides is 2. The first kappa shape index (κ1) is 34.4. The third-order valence-electron chi connectivity index (χ3n) is 6.43. The molecule has 0 radical (unpaired) electrons. The van der Waals surface area contributed by atoms with E-state index >= 15 is 0 Å². The number of likely N-dealkylation sites (tertiary alicyclic amines) is 1. The van der Waals surface area contributed by atoms with Crippen molar-refractivity contribution in [2.75, 3.05) is 13.6 Å². The molecule has 226 valence electrons. The van der Waals surface area contributed by atoms with E-state index in [9.17, 15) is 17.8 Å². The summed E-state index contributed by atoms with van der Waals surface area (Å²) in [6.45, 7) is 9.34. The van der Waals surface area contributed by atoms with Crippen molar-refractivity contribution in [1.29, 1.82) is 0 Å². The van der Waals surface area contributed by atoms with Gasteiger partial charge >= 0.3 is 6.16 Å². The molecule has 1 aliphatic carbocycles. The van der Waals surface area contributed by atoms with E-state index in [0.29, 0.717) is 30.9 Å². The molecule has 0 aromatic heterocycles. The molecule has 3 rings (SSSR count). The zero-order valence-corrected chi connectivity index (χ0v) is 25.8. The number of ether oxygens (including phenoxy) is 1. The van der Waals surface area contributed by atoms with Gasteiger partial charge in [-0.1, -0.05) is 28.3 Å². The summed E-state index contributed by atoms with van der Waals surface area (Å²) in [4.78, 5) is 18.1. The fourth-order valence-electron chi connectivity index (χ4n) is 4.11. The molecule has 9 nitrogen and oxygen atoms in total. The number of allylic oxidation sites excluding steroid dienone is 2. The summed E-state index contributed by atoms with van der Waals surface area (Å²) in [5.74, 6) is 0.428. The highest BCUT2D eigenvalue weighted by molar-refractivity contribution is 7.84. The Morgan fingerprint density at radius 1 is 1.25 bits per heavy atom. The standard InChI is InChI=1S/C18H28N2O6S.C9H14F2NP/c1-5-15(21)20-10-9-14(19-27(25)17(2,3)4)16(20)12-7-6-8-13(11-12)26-18(22,23)24;1-6(9(10,11)13)5-8(12-2)7-3-4-7/h6-8,11,14,16,19,22-24H,5,9-10H2,1-4H3;5,7H,3-4,13H2,1-2H3/b;6-5+,12-8?/t14-,16?,27?;/m1./s1. The van der Waals surface area contributed by atoms with E-state index in [1.807, 2.05) is 20.8 Å². The third kappa shape index (κ3) is 10.5. The summed E-state index contributed by atoms with van der Waals surface area (Å²) in [5, 5.41) is 27.1. The van der Waals surface area contributed by atoms with Crippen LogP contribution in [0.1, 0.15) is 71.9 Å². The Bertz CT molecular complexity index is 1110. The lowest BCUT2D eigenvalue weighted by Crippen LogP contribution is -2.43. The van der Waals surface area contributed by atoms with Crippen LogP contribution in [0.2, 0.25) is 0 Å². The average molecular weight is 606 g/mol. The number of aliphatic imine (C=N–C) groups is 1. The summed E-state index contributed by atoms with van der Waals surface area (Å²) < 4.78 is 45.4. The Kier molecular flexibility index (Phi) is 11.9. The van der Waals surface area contributed by atoms with Crippen molar-refractivity contribution >= 4 is 31.8 Å². The second-order valence-corrected chi connectivity index (χ2v) is 13.6. The van der Waals surface area contributed by atoms with Crippen molar-refractivity contribution in [3.63, 3.8) is 0 Å². The predicted octanol–water partition coefficient (Wildman–Crippen LogP) is 3.64. The van der Waals surface area contributed by atoms with E-state index in [1.54, 1.807) is 31.0 Å². The zero-order valence-electron chi connectivity index (χ0n) is 23.9. The predicted molar refractivity (Wildman–Crippen MR) is 155 cm³/mol. The smallest absolute Gasteiger partial charge is 0.417 e. The molecule has 0 bridgehead atoms. The Balaban J connectivity index is 0.000000360. The van der Waals surface area contributed by atoms with E-state index in [2.05, 4.69) is 14.5 Å². The van der Waals surface area contributed by atoms with Crippen LogP contribution in [-0.2, 0) is 15.8 Å². The van der Waals surface area contributed by atoms with Crippen LogP contribution in [0.3, 0.4) is 0 Å². The van der Waals surface area contributed by atoms with Gasteiger partial charge in [-0.05, 0) is 70.7 Å². The van der Waals surface area contributed by atoms with Gasteiger partial charge in [-0.15, -0.1) is 0 Å². The Morgan fingerprint density at radius 2 is 1.88 bits per heavy atom. The molecule has 1 aromatic rings. The molecule has 1 saturated carbocycles. The average Bonchev–Trinajstić information content (AvgIpc) is 3.59. The molecule has 1 heterocycles. The van der Waals surface area contributed by atoms with Gasteiger partial charge in [0.1, 0.15) is 5.75 Å². The van der Waals surface area contributed by atoms with Gasteiger partial charge in [-0.3, -0.25) is 9.79 Å². The molecule has 1 saturated heterocycles. The third-order valence-corrected chi connectivity index (χ3v) is 8.52. The highest BCUT2D eigenvalue weighted by atomic mass is 32.2. The summed E-state index contributed by atoms with van der Waals surface area (Å²) >= 11 is 0. The van der Waals surface area contributed by atoms with Gasteiger partial charge in [0.05, 0.1) is 21.8 Å². The first-order valence-corrected chi connectivity index (χ1v) is 14.9. The maximum absolute atomic E-state index is 12.7. The normalized spacial score (nSPS) is 21.6. The number of benzene rings is 1. The molecule has 40 heavy (non-hydrogen) atoms. The lowest BCUT2D eigenvalue weighted by molar-refractivity contribution is -0.419. The first-order valence-electron chi connectivity index (χ1n) is 13.1. The van der Waals surface area contributed by atoms with Crippen LogP contribution in [0, 0.1) is 5.92 Å². The fraction of sp³-hybridized carbons (Fsp3) is 0.630. The van der Waals surface area contributed by atoms with E-state index in [4.69, 9.17) is 15.3 Å². The fourth-order valence-corrected chi connectivity index (χ4v) is 5.07. The van der Waals surface area contributed by atoms with E-state index in [-0.39, 0.29) is 23.3 Å². The van der Waals surface area contributed by atoms with Crippen molar-refractivity contribution < 1.29 is 37.8 Å². The lowest BCUT2D eigenvalue weighted by Gasteiger charge is -2.30. The Labute approximate surface area is 239 Å². The summed E-state index contributed by atoms with van der Waals surface area (Å²) in [6, 6.07) is 5.76. The van der Waals surface area contributed by atoms with E-state index in [0.717, 1.165) is 18.6 Å². The van der Waals surface area contributed by atoms with Gasteiger partial charge in [0.25, 0.3) is 5.66 Å². The van der Waals surface area contributed by atoms with Crippen molar-refractivity contribution in [1.82, 2.24) is 9.62 Å². The van der Waals surface area contributed by atoms with Crippen LogP contribution in [0.15, 0.2) is 40.9 Å². The minimum Gasteiger partial charge on any atom is -0.417 e. The number of halogens is 2. The van der Waals surface area contributed by atoms with Crippen LogP contribution >= 0.6 is 9.24 Å². The maximum Gasteiger partial charge on any atom is 0.453 e. The highest BCUT2D eigenvalue weighted by Crippen LogP contribution is 2.36. The lowest BCUT2D eigenvalue weighted by atomic mass is 10.0. The highest BCUT2D eigenvalue weighted by Gasteiger charge is 2.40. The number of amides is 1. The van der Waals surface area contributed by atoms with Crippen LogP contribution < -0.4 is 9.46 Å². The maximum atomic E-state index is 12.7. The topological polar surface area (TPSA) is 132 Å². The number of nitrogens with zero attached hydrogens (tertiary/aromatic N) is 2. The summed E-state index contributed by atoms with van der Waals surface area (Å²) in [7, 11) is 1.88. The van der Waals surface area contributed by atoms with Crippen LogP contribution in [0.4, 0.5) is 8.78 Å². The van der Waals surface area contributed by atoms with E-state index in [1.165, 1.54) is 34.4 Å². The molecule has 2 aliphatic rings. The number of carbonyl (C=O) groups excluding carboxylic acids is 1. The van der Waals surface area contributed by atoms with Crippen molar-refractivity contribution in [2.45, 2.75) is 89.0 Å². The number of carbonyl (C=O) groups is 1. The van der Waals surface area contributed by atoms with Gasteiger partial charge in [0.2, 0.25) is 5.91 Å². The second-order valence-electron chi connectivity index (χ2n) is 10.9. The summed E-state index contributed by atoms with van der Waals surface area (Å²) in [5.41, 5.74) is -1.26. The van der Waals surface area contributed by atoms with Gasteiger partial charge in [0.15, 0.2) is 0 Å². The largest absolute Gasteiger partial charge is 0.453 e. The van der Waals surface area contributed by atoms with Crippen molar-refractivity contribution in [3.8, 4) is 5.75 Å². The van der Waals surface area contributed by atoms with Crippen LogP contribution in [0.5, 0.6) is 5.75 Å². The minimum absolute atomic E-state index is 0.0296. The van der Waals surface area contributed by atoms with Gasteiger partial charge < -0.3 is 25.0 Å². The first-order chi connectivity index (χ1) is 18.4. The number of nitrogens with one attached hydrogen (secondary N) is 1. The quantitative estimate of drug-likeness (QED) is 0.193. The van der Waals surface area contributed by atoms with Crippen molar-refractivity contribution in [3.05, 3.63) is 41.5 Å². The Hall–Kier alpha value is -1.82. The number of hydrogen-bond donors (Lipinski definition) is 4. The number of hydrogen-bond acceptors (Lipinski definition) is 7. The molecule has 4 atom stereocenters. The molecular weight excluding hydrogens is 563 g/mol. The molecular formula is C27H42F2N3O6PS. The molecule has 3 unspecified atom stereocenters. The Morgan fingerprint density at radius 3 is 2.35 bits per heavy atom. The van der Waals surface area contributed by atoms with Crippen LogP contribution in [0.25, 0.3) is 0 Å². The molecule has 2 fully saturated rings. The van der Waals surface area contributed by atoms with Gasteiger partial charge in [-0.2, -0.15) is 8.78 Å². The minimum atomic E-state index is -3.29. The molecule has 1 aromatic carbocycles. The van der Waals surface area contributed by atoms with Gasteiger partial charge in [0, 0.05) is 43.3 Å². The van der Waals surface area contributed by atoms with Crippen molar-refractivity contribution in [2.24, 2.45) is 10.9 Å². The number of aliphatic hydroxyl groups is 3. The summed E-state index contributed by atoms with van der Waals surface area (Å²) in [6.07, 6.45) is 1.35. The molecule has 13 heteroatoms. The molecule has 0 spiro atoms. The monoisotopic (exact) mass is 605 g/mol. The SMILES string of the molecule is CCC(=O)N1CC[C@@H](NS(=O)C(C)(C)C)C1c1cccc(OC(O)(O)O)c1.CN=C(/C=C(\C)C(F)(F)P)C1CC1. The van der Waals surface area contributed by atoms with E-state index < -0.39 is 33.6 Å². The number of rotatable bonds is 9. The zero-order chi connectivity index (χ0) is 30.5. The second kappa shape index (κ2) is 13.9. The molecule has 1 amide bonds. The molecule has 1 aliphatic heterocycles. The molecule has 4 N–H and O–H groups in total.